The van der Waals surface area contributed by atoms with Gasteiger partial charge in [0.25, 0.3) is 0 Å². The molecule has 6 rings (SSSR count). The predicted molar refractivity (Wildman–Crippen MR) is 377 cm³/mol. The number of primary amides is 1. The number of aliphatic hydroxyl groups is 1. The number of benzene rings is 2. The Morgan fingerprint density at radius 2 is 1.15 bits per heavy atom. The van der Waals surface area contributed by atoms with E-state index in [9.17, 15) is 87.9 Å². The van der Waals surface area contributed by atoms with Crippen LogP contribution in [-0.4, -0.2) is 302 Å². The first-order valence-electron chi connectivity index (χ1n) is 34.0. The number of aliphatic carboxylic acids is 4. The molecule has 4 aliphatic heterocycles. The SMILES string of the molecule is CCCCNC(=O)NC1CSCc2cc(CSCCNC(=O)CN3CCN(CC(=O)O)CCN(CC(=O)O)CCN(CC(=O)O)CC3)cc(c2)CSCC(C(=O)O)NC(=O)C(Cc2ccccc2)NC(=O)C(CCC(N)=O)NC(=O)C(C(C)O)NC(=O)C2CCCN2C(=O)C2CCCN2C1=O. The van der Waals surface area contributed by atoms with Crippen molar-refractivity contribution in [1.82, 2.24) is 66.6 Å². The van der Waals surface area contributed by atoms with E-state index in [1.165, 1.54) is 52.0 Å². The number of aliphatic hydroxyl groups excluding tert-OH is 1. The van der Waals surface area contributed by atoms with Crippen molar-refractivity contribution in [2.75, 3.05) is 122 Å². The molecule has 0 aromatic heterocycles. The topological polar surface area (TPSA) is 453 Å². The average Bonchev–Trinajstić information content (AvgIpc) is 1.72. The van der Waals surface area contributed by atoms with Crippen LogP contribution in [0.1, 0.15) is 87.5 Å². The van der Waals surface area contributed by atoms with Crippen LogP contribution in [-0.2, 0) is 81.2 Å². The Kier molecular flexibility index (Phi) is 34.6. The number of nitrogens with zero attached hydrogens (tertiary/aromatic N) is 6. The highest BCUT2D eigenvalue weighted by Crippen LogP contribution is 2.28. The lowest BCUT2D eigenvalue weighted by Crippen LogP contribution is -2.61. The molecule has 0 saturated carbocycles. The van der Waals surface area contributed by atoms with Gasteiger partial charge >= 0.3 is 29.9 Å². The fraction of sp³-hybridized carbons (Fsp3) is 0.621. The third-order valence-electron chi connectivity index (χ3n) is 17.4. The van der Waals surface area contributed by atoms with Gasteiger partial charge in [-0.05, 0) is 67.7 Å². The van der Waals surface area contributed by atoms with E-state index in [2.05, 4.69) is 37.2 Å². The maximum atomic E-state index is 14.9. The van der Waals surface area contributed by atoms with Gasteiger partial charge in [0, 0.05) is 126 Å². The number of carboxylic acid groups (broad SMARTS) is 4. The van der Waals surface area contributed by atoms with Crippen LogP contribution in [0.25, 0.3) is 0 Å². The van der Waals surface area contributed by atoms with E-state index in [1.54, 1.807) is 45.0 Å². The second-order valence-electron chi connectivity index (χ2n) is 25.5. The van der Waals surface area contributed by atoms with Crippen molar-refractivity contribution in [1.29, 1.82) is 0 Å². The highest BCUT2D eigenvalue weighted by molar-refractivity contribution is 7.99. The molecule has 0 spiro atoms. The van der Waals surface area contributed by atoms with Crippen LogP contribution in [0.15, 0.2) is 48.5 Å². The van der Waals surface area contributed by atoms with Gasteiger partial charge in [-0.1, -0.05) is 61.9 Å². The highest BCUT2D eigenvalue weighted by Gasteiger charge is 2.45. The van der Waals surface area contributed by atoms with Crippen molar-refractivity contribution >= 4 is 112 Å². The van der Waals surface area contributed by atoms with Crippen molar-refractivity contribution in [2.45, 2.75) is 137 Å². The Labute approximate surface area is 599 Å². The number of carboxylic acids is 4. The van der Waals surface area contributed by atoms with Gasteiger partial charge in [-0.3, -0.25) is 72.3 Å². The summed E-state index contributed by atoms with van der Waals surface area (Å²) in [6, 6.07) is 4.14. The highest BCUT2D eigenvalue weighted by atomic mass is 32.2. The molecule has 35 heteroatoms. The van der Waals surface area contributed by atoms with E-state index >= 15 is 0 Å². The number of hydrogen-bond donors (Lipinski definition) is 13. The number of nitrogens with one attached hydrogen (secondary N) is 7. The first-order valence-corrected chi connectivity index (χ1v) is 37.5. The molecule has 8 unspecified atom stereocenters. The van der Waals surface area contributed by atoms with Gasteiger partial charge in [-0.15, -0.1) is 0 Å². The lowest BCUT2D eigenvalue weighted by molar-refractivity contribution is -0.147. The maximum Gasteiger partial charge on any atom is 0.327 e. The van der Waals surface area contributed by atoms with E-state index in [1.807, 2.05) is 30.0 Å². The number of unbranched alkanes of at least 4 members (excludes halogenated alkanes) is 1. The summed E-state index contributed by atoms with van der Waals surface area (Å²) in [6.45, 7) is 4.89. The Morgan fingerprint density at radius 1 is 0.614 bits per heavy atom. The zero-order valence-electron chi connectivity index (χ0n) is 57.2. The summed E-state index contributed by atoms with van der Waals surface area (Å²) in [5.74, 6) is -9.28. The molecule has 2 aromatic rings. The minimum absolute atomic E-state index is 0.0544. The fourth-order valence-corrected chi connectivity index (χ4v) is 14.9. The monoisotopic (exact) mass is 1470 g/mol. The Bertz CT molecular complexity index is 3150. The smallest absolute Gasteiger partial charge is 0.327 e. The largest absolute Gasteiger partial charge is 0.480 e. The summed E-state index contributed by atoms with van der Waals surface area (Å²) in [5.41, 5.74) is 8.47. The number of thioether (sulfide) groups is 3. The van der Waals surface area contributed by atoms with E-state index in [0.29, 0.717) is 48.6 Å². The third-order valence-corrected chi connectivity index (χ3v) is 20.7. The summed E-state index contributed by atoms with van der Waals surface area (Å²) in [5, 5.41) is 69.3. The van der Waals surface area contributed by atoms with Crippen LogP contribution in [0.5, 0.6) is 0 Å². The van der Waals surface area contributed by atoms with Crippen LogP contribution in [0.2, 0.25) is 0 Å². The summed E-state index contributed by atoms with van der Waals surface area (Å²) in [6.07, 6.45) is 0.0833. The molecular weight excluding hydrogens is 1370 g/mol. The maximum absolute atomic E-state index is 14.9. The van der Waals surface area contributed by atoms with Crippen molar-refractivity contribution in [3.8, 4) is 0 Å². The molecule has 3 saturated heterocycles. The van der Waals surface area contributed by atoms with Crippen LogP contribution in [0.4, 0.5) is 4.79 Å². The number of rotatable bonds is 24. The number of hydrogen-bond acceptors (Lipinski definition) is 21. The minimum atomic E-state index is -1.72. The van der Waals surface area contributed by atoms with Crippen molar-refractivity contribution in [3.63, 3.8) is 0 Å². The summed E-state index contributed by atoms with van der Waals surface area (Å²) in [4.78, 5) is 184. The Morgan fingerprint density at radius 3 is 1.69 bits per heavy atom. The minimum Gasteiger partial charge on any atom is -0.480 e. The Balaban J connectivity index is 1.26. The van der Waals surface area contributed by atoms with Gasteiger partial charge in [0.05, 0.1) is 32.3 Å². The van der Waals surface area contributed by atoms with Gasteiger partial charge in [0.2, 0.25) is 47.3 Å². The molecule has 558 valence electrons. The van der Waals surface area contributed by atoms with E-state index in [-0.39, 0.29) is 141 Å². The molecule has 2 bridgehead atoms. The number of carbonyl (C=O) groups is 13. The van der Waals surface area contributed by atoms with Gasteiger partial charge in [-0.25, -0.2) is 9.59 Å². The zero-order valence-corrected chi connectivity index (χ0v) is 59.6. The molecule has 0 radical (unpaired) electrons. The van der Waals surface area contributed by atoms with Crippen LogP contribution >= 0.6 is 35.3 Å². The van der Waals surface area contributed by atoms with Crippen molar-refractivity contribution in [2.24, 2.45) is 5.73 Å². The number of fused-ring (bicyclic) bond motifs is 4. The lowest BCUT2D eigenvalue weighted by atomic mass is 10.0. The van der Waals surface area contributed by atoms with E-state index < -0.39 is 132 Å². The van der Waals surface area contributed by atoms with Crippen molar-refractivity contribution < 1.29 is 87.9 Å². The third kappa shape index (κ3) is 28.5. The number of urea groups is 1. The molecule has 2 aromatic carbocycles. The molecule has 32 nitrogen and oxygen atoms in total. The fourth-order valence-electron chi connectivity index (χ4n) is 12.2. The molecular formula is C66H98N14O18S3. The lowest BCUT2D eigenvalue weighted by Gasteiger charge is -2.33. The van der Waals surface area contributed by atoms with Gasteiger partial charge in [0.1, 0.15) is 42.3 Å². The second kappa shape index (κ2) is 42.6. The van der Waals surface area contributed by atoms with Gasteiger partial charge in [0.15, 0.2) is 0 Å². The molecule has 8 atom stereocenters. The van der Waals surface area contributed by atoms with Crippen molar-refractivity contribution in [3.05, 3.63) is 70.8 Å². The summed E-state index contributed by atoms with van der Waals surface area (Å²) in [7, 11) is 0. The van der Waals surface area contributed by atoms with E-state index in [4.69, 9.17) is 5.73 Å². The van der Waals surface area contributed by atoms with Crippen LogP contribution in [0.3, 0.4) is 0 Å². The first kappa shape index (κ1) is 82.2. The quantitative estimate of drug-likeness (QED) is 0.0524. The normalized spacial score (nSPS) is 23.3. The molecule has 3 fully saturated rings. The van der Waals surface area contributed by atoms with Crippen LogP contribution < -0.4 is 43.0 Å². The second-order valence-corrected chi connectivity index (χ2v) is 28.7. The molecule has 4 heterocycles. The Hall–Kier alpha value is -7.80. The number of carbonyl (C=O) groups excluding carboxylic acids is 9. The average molecular weight is 1470 g/mol. The molecule has 0 aliphatic carbocycles. The standard InChI is InChI=1S/C66H98N14O18S3/c1-3-4-16-69-66(98)73-49-40-100-38-45-29-44(37-99-28-17-68-54(83)33-75-20-22-76(34-55(84)85)24-26-78(36-57(88)89)27-25-77(23-21-75)35-56(86)87)30-46(31-45)39-101-41-50(65(96)97)72-60(91)48(32-43-10-6-5-7-11-43)71-59(90)47(14-15-53(67)82)70-62(93)58(42(2)81)74-61(92)51-12-8-18-79(51)64(95)52-13-9-19-80(52)63(49)94/h5-7,10-11,29-31,42,47-52,58,81H,3-4,8-9,12-28,32-41H2,1-2H3,(H2,67,82)(H,68,83)(H,70,93)(H,71,90)(H,72,91)(H,74,92)(H,84,85)(H,86,87)(H,88,89)(H,96,97)(H2,69,73,98). The number of amides is 10. The summed E-state index contributed by atoms with van der Waals surface area (Å²) >= 11 is 4.05. The van der Waals surface area contributed by atoms with Gasteiger partial charge in [-0.2, -0.15) is 35.3 Å². The molecule has 101 heavy (non-hydrogen) atoms. The first-order chi connectivity index (χ1) is 48.3. The van der Waals surface area contributed by atoms with E-state index in [0.717, 1.165) is 23.1 Å². The van der Waals surface area contributed by atoms with Gasteiger partial charge < -0.3 is 78.3 Å². The molecule has 14 N–H and O–H groups in total. The zero-order chi connectivity index (χ0) is 73.5. The van der Waals surface area contributed by atoms with Crippen LogP contribution in [0, 0.1) is 0 Å². The summed E-state index contributed by atoms with van der Waals surface area (Å²) < 4.78 is 0. The number of nitrogens with two attached hydrogens (primary N) is 1. The molecule has 10 amide bonds. The molecule has 4 aliphatic rings. The predicted octanol–water partition coefficient (Wildman–Crippen LogP) is -1.65.